The molecule has 0 aromatic heterocycles. The van der Waals surface area contributed by atoms with Gasteiger partial charge in [0.05, 0.1) is 12.4 Å². The second kappa shape index (κ2) is 8.09. The highest BCUT2D eigenvalue weighted by Gasteiger charge is 2.67. The Bertz CT molecular complexity index is 934. The fourth-order valence-corrected chi connectivity index (χ4v) is 6.21. The first-order valence-electron chi connectivity index (χ1n) is 10.3. The van der Waals surface area contributed by atoms with Crippen LogP contribution in [0.3, 0.4) is 0 Å². The quantitative estimate of drug-likeness (QED) is 0.682. The lowest BCUT2D eigenvalue weighted by Gasteiger charge is -2.27. The summed E-state index contributed by atoms with van der Waals surface area (Å²) >= 11 is 0. The van der Waals surface area contributed by atoms with Crippen LogP contribution in [0.5, 0.6) is 0 Å². The summed E-state index contributed by atoms with van der Waals surface area (Å²) < 4.78 is 32.0. The number of ether oxygens (including phenoxy) is 1. The van der Waals surface area contributed by atoms with E-state index in [9.17, 15) is 8.42 Å². The summed E-state index contributed by atoms with van der Waals surface area (Å²) in [7, 11) is -1.88. The first kappa shape index (κ1) is 20.4. The van der Waals surface area contributed by atoms with Crippen LogP contribution < -0.4 is 4.72 Å². The zero-order valence-corrected chi connectivity index (χ0v) is 18.0. The molecule has 0 amide bonds. The number of nitrogens with zero attached hydrogens (tertiary/aromatic N) is 1. The van der Waals surface area contributed by atoms with Crippen LogP contribution in [0.4, 0.5) is 5.69 Å². The molecule has 2 aromatic carbocycles. The van der Waals surface area contributed by atoms with E-state index in [1.165, 1.54) is 18.2 Å². The van der Waals surface area contributed by atoms with Gasteiger partial charge in [0.25, 0.3) is 0 Å². The molecule has 2 atom stereocenters. The molecule has 4 rings (SSSR count). The number of hydrogen-bond acceptors (Lipinski definition) is 4. The molecule has 29 heavy (non-hydrogen) atoms. The standard InChI is InChI=1S/C23H30N2O3S/c1-3-23(19-10-7-11-20(14-19)24-29(26,27)13-12-28-2)21-16-25(17-22(21)23)15-18-8-5-4-6-9-18/h4-11,14,21-22,24H,3,12-13,15-17H2,1-2H3. The van der Waals surface area contributed by atoms with Gasteiger partial charge in [0, 0.05) is 37.8 Å². The molecule has 0 bridgehead atoms. The van der Waals surface area contributed by atoms with Crippen molar-refractivity contribution in [3.05, 3.63) is 65.7 Å². The zero-order valence-electron chi connectivity index (χ0n) is 17.2. The molecular weight excluding hydrogens is 384 g/mol. The average Bonchev–Trinajstić information content (AvgIpc) is 3.10. The molecule has 2 aliphatic rings. The highest BCUT2D eigenvalue weighted by molar-refractivity contribution is 7.92. The van der Waals surface area contributed by atoms with Crippen molar-refractivity contribution in [3.63, 3.8) is 0 Å². The van der Waals surface area contributed by atoms with Crippen LogP contribution in [0.15, 0.2) is 54.6 Å². The number of hydrogen-bond donors (Lipinski definition) is 1. The summed E-state index contributed by atoms with van der Waals surface area (Å²) in [6, 6.07) is 18.6. The van der Waals surface area contributed by atoms with Crippen molar-refractivity contribution >= 4 is 15.7 Å². The molecule has 2 unspecified atom stereocenters. The van der Waals surface area contributed by atoms with E-state index in [2.05, 4.69) is 52.9 Å². The maximum absolute atomic E-state index is 12.2. The molecule has 2 fully saturated rings. The Balaban J connectivity index is 1.45. The number of piperidine rings is 1. The summed E-state index contributed by atoms with van der Waals surface area (Å²) in [4.78, 5) is 2.55. The van der Waals surface area contributed by atoms with E-state index in [0.717, 1.165) is 26.1 Å². The van der Waals surface area contributed by atoms with Gasteiger partial charge < -0.3 is 4.74 Å². The third kappa shape index (κ3) is 4.06. The van der Waals surface area contributed by atoms with Gasteiger partial charge in [-0.2, -0.15) is 0 Å². The first-order valence-corrected chi connectivity index (χ1v) is 12.0. The number of sulfonamides is 1. The predicted molar refractivity (Wildman–Crippen MR) is 116 cm³/mol. The Morgan fingerprint density at radius 3 is 2.48 bits per heavy atom. The zero-order chi connectivity index (χ0) is 20.5. The third-order valence-electron chi connectivity index (χ3n) is 6.67. The summed E-state index contributed by atoms with van der Waals surface area (Å²) in [6.07, 6.45) is 1.08. The van der Waals surface area contributed by atoms with Crippen LogP contribution in [-0.2, 0) is 26.7 Å². The van der Waals surface area contributed by atoms with E-state index in [1.54, 1.807) is 0 Å². The van der Waals surface area contributed by atoms with Crippen LogP contribution in [0.1, 0.15) is 24.5 Å². The van der Waals surface area contributed by atoms with Gasteiger partial charge in [-0.05, 0) is 41.5 Å². The predicted octanol–water partition coefficient (Wildman–Crippen LogP) is 3.48. The number of benzene rings is 2. The summed E-state index contributed by atoms with van der Waals surface area (Å²) in [6.45, 7) is 5.67. The van der Waals surface area contributed by atoms with Crippen molar-refractivity contribution < 1.29 is 13.2 Å². The number of anilines is 1. The Morgan fingerprint density at radius 1 is 1.10 bits per heavy atom. The molecule has 1 aliphatic heterocycles. The smallest absolute Gasteiger partial charge is 0.234 e. The van der Waals surface area contributed by atoms with Crippen LogP contribution >= 0.6 is 0 Å². The normalized spacial score (nSPS) is 26.3. The molecule has 1 saturated carbocycles. The van der Waals surface area contributed by atoms with Gasteiger partial charge in [-0.25, -0.2) is 8.42 Å². The monoisotopic (exact) mass is 414 g/mol. The molecule has 2 aromatic rings. The molecule has 0 radical (unpaired) electrons. The second-order valence-corrected chi connectivity index (χ2v) is 10.1. The van der Waals surface area contributed by atoms with Gasteiger partial charge in [-0.15, -0.1) is 0 Å². The van der Waals surface area contributed by atoms with E-state index in [0.29, 0.717) is 17.5 Å². The first-order chi connectivity index (χ1) is 14.0. The summed E-state index contributed by atoms with van der Waals surface area (Å²) in [5.74, 6) is 1.26. The second-order valence-electron chi connectivity index (χ2n) is 8.28. The minimum atomic E-state index is -3.39. The van der Waals surface area contributed by atoms with Crippen molar-refractivity contribution in [2.24, 2.45) is 11.8 Å². The van der Waals surface area contributed by atoms with Gasteiger partial charge in [-0.1, -0.05) is 49.4 Å². The fourth-order valence-electron chi connectivity index (χ4n) is 5.24. The molecular formula is C23H30N2O3S. The van der Waals surface area contributed by atoms with Gasteiger partial charge in [-0.3, -0.25) is 9.62 Å². The maximum Gasteiger partial charge on any atom is 0.234 e. The van der Waals surface area contributed by atoms with E-state index in [1.807, 2.05) is 18.2 Å². The molecule has 156 valence electrons. The molecule has 1 aliphatic carbocycles. The largest absolute Gasteiger partial charge is 0.384 e. The van der Waals surface area contributed by atoms with Gasteiger partial charge >= 0.3 is 0 Å². The Morgan fingerprint density at radius 2 is 1.83 bits per heavy atom. The number of likely N-dealkylation sites (tertiary alicyclic amines) is 1. The minimum absolute atomic E-state index is 0.0354. The van der Waals surface area contributed by atoms with Gasteiger partial charge in [0.15, 0.2) is 0 Å². The summed E-state index contributed by atoms with van der Waals surface area (Å²) in [5, 5.41) is 0. The van der Waals surface area contributed by atoms with Crippen molar-refractivity contribution in [2.75, 3.05) is 37.3 Å². The molecule has 1 heterocycles. The SMILES string of the molecule is CCC1(c2cccc(NS(=O)(=O)CCOC)c2)C2CN(Cc3ccccc3)CC21. The molecule has 6 heteroatoms. The number of fused-ring (bicyclic) bond motifs is 1. The van der Waals surface area contributed by atoms with Crippen molar-refractivity contribution in [3.8, 4) is 0 Å². The highest BCUT2D eigenvalue weighted by Crippen LogP contribution is 2.65. The number of nitrogens with one attached hydrogen (secondary N) is 1. The van der Waals surface area contributed by atoms with Crippen LogP contribution in [-0.4, -0.2) is 45.9 Å². The third-order valence-corrected chi connectivity index (χ3v) is 7.92. The van der Waals surface area contributed by atoms with Crippen molar-refractivity contribution in [1.29, 1.82) is 0 Å². The van der Waals surface area contributed by atoms with Crippen LogP contribution in [0.25, 0.3) is 0 Å². The van der Waals surface area contributed by atoms with E-state index < -0.39 is 10.0 Å². The minimum Gasteiger partial charge on any atom is -0.384 e. The number of methoxy groups -OCH3 is 1. The Hall–Kier alpha value is -1.89. The van der Waals surface area contributed by atoms with E-state index >= 15 is 0 Å². The molecule has 1 N–H and O–H groups in total. The highest BCUT2D eigenvalue weighted by atomic mass is 32.2. The number of rotatable bonds is 9. The summed E-state index contributed by atoms with van der Waals surface area (Å²) in [5.41, 5.74) is 3.46. The van der Waals surface area contributed by atoms with Crippen molar-refractivity contribution in [2.45, 2.75) is 25.3 Å². The Kier molecular flexibility index (Phi) is 5.69. The molecule has 1 saturated heterocycles. The van der Waals surface area contributed by atoms with E-state index in [4.69, 9.17) is 4.74 Å². The van der Waals surface area contributed by atoms with Crippen molar-refractivity contribution in [1.82, 2.24) is 4.90 Å². The lowest BCUT2D eigenvalue weighted by Crippen LogP contribution is -2.30. The van der Waals surface area contributed by atoms with Crippen LogP contribution in [0, 0.1) is 11.8 Å². The topological polar surface area (TPSA) is 58.6 Å². The van der Waals surface area contributed by atoms with E-state index in [-0.39, 0.29) is 17.8 Å². The average molecular weight is 415 g/mol. The van der Waals surface area contributed by atoms with Gasteiger partial charge in [0.2, 0.25) is 10.0 Å². The van der Waals surface area contributed by atoms with Gasteiger partial charge in [0.1, 0.15) is 0 Å². The van der Waals surface area contributed by atoms with Crippen LogP contribution in [0.2, 0.25) is 0 Å². The maximum atomic E-state index is 12.2. The lowest BCUT2D eigenvalue weighted by atomic mass is 9.87. The Labute approximate surface area is 174 Å². The fraction of sp³-hybridized carbons (Fsp3) is 0.478. The molecule has 5 nitrogen and oxygen atoms in total. The molecule has 0 spiro atoms. The lowest BCUT2D eigenvalue weighted by molar-refractivity contribution is 0.217.